The standard InChI is InChI=1S/C50H76O6/c1-4-7-10-13-16-19-21-23-24-25-27-28-31-34-37-40-43-49(52)55-46-47(45-54-48(51)42-39-36-33-30-18-15-12-9-6-3)56-50(53)44-41-38-35-32-29-26-22-20-17-14-11-8-5-2/h7-8,10-11,14,16-17,19-20,22-24,26-29,32,34-35,37,47H,4-6,9,12-13,15,18,21,25,30-31,33,36,38-46H2,1-3H3/b10-7-,11-8-,17-14-,19-16-,22-20-,24-23-,28-27-,29-26-,35-32-,37-34-. The average molecular weight is 773 g/mol. The number of allylic oxidation sites excluding steroid dienone is 20. The van der Waals surface area contributed by atoms with Gasteiger partial charge in [-0.25, -0.2) is 0 Å². The molecule has 0 saturated carbocycles. The molecule has 0 bridgehead atoms. The Morgan fingerprint density at radius 3 is 1.36 bits per heavy atom. The smallest absolute Gasteiger partial charge is 0.306 e. The van der Waals surface area contributed by atoms with Crippen molar-refractivity contribution in [3.63, 3.8) is 0 Å². The maximum atomic E-state index is 12.7. The molecule has 0 N–H and O–H groups in total. The molecule has 6 heteroatoms. The third kappa shape index (κ3) is 41.0. The van der Waals surface area contributed by atoms with Crippen molar-refractivity contribution in [2.24, 2.45) is 0 Å². The van der Waals surface area contributed by atoms with E-state index in [2.05, 4.69) is 75.5 Å². The predicted molar refractivity (Wildman–Crippen MR) is 237 cm³/mol. The lowest BCUT2D eigenvalue weighted by atomic mass is 10.1. The minimum absolute atomic E-state index is 0.133. The first-order valence-electron chi connectivity index (χ1n) is 21.6. The van der Waals surface area contributed by atoms with Gasteiger partial charge in [-0.15, -0.1) is 0 Å². The van der Waals surface area contributed by atoms with Gasteiger partial charge < -0.3 is 14.2 Å². The van der Waals surface area contributed by atoms with Gasteiger partial charge in [-0.05, 0) is 64.2 Å². The Hall–Kier alpha value is -4.19. The molecular formula is C50H76O6. The van der Waals surface area contributed by atoms with E-state index in [9.17, 15) is 14.4 Å². The van der Waals surface area contributed by atoms with Gasteiger partial charge in [-0.3, -0.25) is 14.4 Å². The van der Waals surface area contributed by atoms with E-state index in [0.29, 0.717) is 25.7 Å². The Balaban J connectivity index is 4.63. The zero-order chi connectivity index (χ0) is 40.8. The van der Waals surface area contributed by atoms with Crippen LogP contribution in [0.3, 0.4) is 0 Å². The van der Waals surface area contributed by atoms with Crippen LogP contribution in [-0.2, 0) is 28.6 Å². The lowest BCUT2D eigenvalue weighted by Gasteiger charge is -2.18. The third-order valence-electron chi connectivity index (χ3n) is 8.35. The van der Waals surface area contributed by atoms with Crippen LogP contribution in [0.2, 0.25) is 0 Å². The summed E-state index contributed by atoms with van der Waals surface area (Å²) in [4.78, 5) is 37.6. The first-order valence-corrected chi connectivity index (χ1v) is 21.6. The van der Waals surface area contributed by atoms with Crippen LogP contribution in [0.1, 0.15) is 156 Å². The molecule has 1 unspecified atom stereocenters. The zero-order valence-corrected chi connectivity index (χ0v) is 35.3. The maximum Gasteiger partial charge on any atom is 0.306 e. The number of unbranched alkanes of at least 4 members (excludes halogenated alkanes) is 9. The highest BCUT2D eigenvalue weighted by Gasteiger charge is 2.19. The van der Waals surface area contributed by atoms with E-state index in [0.717, 1.165) is 57.8 Å². The number of rotatable bonds is 36. The fourth-order valence-electron chi connectivity index (χ4n) is 5.17. The molecule has 0 aromatic carbocycles. The van der Waals surface area contributed by atoms with Crippen molar-refractivity contribution < 1.29 is 28.6 Å². The van der Waals surface area contributed by atoms with E-state index >= 15 is 0 Å². The maximum absolute atomic E-state index is 12.7. The minimum atomic E-state index is -0.844. The fourth-order valence-corrected chi connectivity index (χ4v) is 5.17. The van der Waals surface area contributed by atoms with Crippen LogP contribution in [0.15, 0.2) is 122 Å². The molecule has 0 aliphatic heterocycles. The van der Waals surface area contributed by atoms with Crippen molar-refractivity contribution in [3.8, 4) is 0 Å². The Morgan fingerprint density at radius 2 is 0.821 bits per heavy atom. The van der Waals surface area contributed by atoms with Crippen LogP contribution in [0.5, 0.6) is 0 Å². The molecule has 1 atom stereocenters. The summed E-state index contributed by atoms with van der Waals surface area (Å²) < 4.78 is 16.5. The molecule has 0 spiro atoms. The molecule has 0 heterocycles. The van der Waals surface area contributed by atoms with E-state index in [4.69, 9.17) is 14.2 Å². The highest BCUT2D eigenvalue weighted by atomic mass is 16.6. The second-order valence-electron chi connectivity index (χ2n) is 13.6. The number of hydrogen-bond donors (Lipinski definition) is 0. The molecule has 0 aromatic rings. The molecule has 0 rings (SSSR count). The summed E-state index contributed by atoms with van der Waals surface area (Å²) in [6.45, 7) is 6.18. The molecule has 0 radical (unpaired) electrons. The third-order valence-corrected chi connectivity index (χ3v) is 8.35. The Labute approximate surface area is 342 Å². The molecule has 0 fully saturated rings. The molecule has 0 amide bonds. The SMILES string of the molecule is CC\C=C/C=C\C=C/C=C\C=C/CCCC(=O)OC(COC(=O)CC/C=C\C/C=C\C/C=C\C/C=C\C/C=C\CC)COC(=O)CCCCCCCCCCC. The van der Waals surface area contributed by atoms with E-state index < -0.39 is 12.1 Å². The average Bonchev–Trinajstić information content (AvgIpc) is 3.19. The van der Waals surface area contributed by atoms with Crippen LogP contribution in [0.25, 0.3) is 0 Å². The monoisotopic (exact) mass is 773 g/mol. The van der Waals surface area contributed by atoms with Crippen LogP contribution in [0.4, 0.5) is 0 Å². The number of ether oxygens (including phenoxy) is 3. The summed E-state index contributed by atoms with van der Waals surface area (Å²) in [6, 6.07) is 0. The summed E-state index contributed by atoms with van der Waals surface area (Å²) in [5.41, 5.74) is 0. The van der Waals surface area contributed by atoms with E-state index in [1.165, 1.54) is 38.5 Å². The molecular weight excluding hydrogens is 697 g/mol. The van der Waals surface area contributed by atoms with Gasteiger partial charge in [0.1, 0.15) is 13.2 Å². The van der Waals surface area contributed by atoms with Crippen molar-refractivity contribution in [2.75, 3.05) is 13.2 Å². The summed E-state index contributed by atoms with van der Waals surface area (Å²) in [5.74, 6) is -1.11. The fraction of sp³-hybridized carbons (Fsp3) is 0.540. The van der Waals surface area contributed by atoms with Gasteiger partial charge in [-0.2, -0.15) is 0 Å². The topological polar surface area (TPSA) is 78.9 Å². The molecule has 312 valence electrons. The summed E-state index contributed by atoms with van der Waals surface area (Å²) in [5, 5.41) is 0. The molecule has 0 aliphatic rings. The first-order chi connectivity index (χ1) is 27.5. The van der Waals surface area contributed by atoms with Crippen LogP contribution < -0.4 is 0 Å². The lowest BCUT2D eigenvalue weighted by Crippen LogP contribution is -2.30. The van der Waals surface area contributed by atoms with E-state index in [1.807, 2.05) is 66.8 Å². The largest absolute Gasteiger partial charge is 0.462 e. The van der Waals surface area contributed by atoms with Crippen molar-refractivity contribution >= 4 is 17.9 Å². The predicted octanol–water partition coefficient (Wildman–Crippen LogP) is 13.8. The summed E-state index contributed by atoms with van der Waals surface area (Å²) >= 11 is 0. The molecule has 0 aliphatic carbocycles. The zero-order valence-electron chi connectivity index (χ0n) is 35.3. The molecule has 0 saturated heterocycles. The van der Waals surface area contributed by atoms with Crippen molar-refractivity contribution in [2.45, 2.75) is 162 Å². The molecule has 56 heavy (non-hydrogen) atoms. The Kier molecular flexibility index (Phi) is 40.3. The second kappa shape index (κ2) is 43.5. The highest BCUT2D eigenvalue weighted by molar-refractivity contribution is 5.71. The number of hydrogen-bond acceptors (Lipinski definition) is 6. The van der Waals surface area contributed by atoms with Crippen molar-refractivity contribution in [1.82, 2.24) is 0 Å². The minimum Gasteiger partial charge on any atom is -0.462 e. The molecule has 0 aromatic heterocycles. The number of carbonyl (C=O) groups excluding carboxylic acids is 3. The van der Waals surface area contributed by atoms with Gasteiger partial charge in [-0.1, -0.05) is 194 Å². The number of esters is 3. The lowest BCUT2D eigenvalue weighted by molar-refractivity contribution is -0.166. The van der Waals surface area contributed by atoms with Crippen molar-refractivity contribution in [3.05, 3.63) is 122 Å². The van der Waals surface area contributed by atoms with Gasteiger partial charge in [0.25, 0.3) is 0 Å². The summed E-state index contributed by atoms with van der Waals surface area (Å²) in [6.07, 6.45) is 59.2. The Morgan fingerprint density at radius 1 is 0.393 bits per heavy atom. The van der Waals surface area contributed by atoms with Crippen LogP contribution in [0, 0.1) is 0 Å². The summed E-state index contributed by atoms with van der Waals surface area (Å²) in [7, 11) is 0. The van der Waals surface area contributed by atoms with E-state index in [1.54, 1.807) is 0 Å². The van der Waals surface area contributed by atoms with Gasteiger partial charge >= 0.3 is 17.9 Å². The normalized spacial score (nSPS) is 13.3. The number of carbonyl (C=O) groups is 3. The van der Waals surface area contributed by atoms with Crippen LogP contribution >= 0.6 is 0 Å². The second-order valence-corrected chi connectivity index (χ2v) is 13.6. The van der Waals surface area contributed by atoms with Crippen LogP contribution in [-0.4, -0.2) is 37.2 Å². The molecule has 6 nitrogen and oxygen atoms in total. The van der Waals surface area contributed by atoms with Gasteiger partial charge in [0, 0.05) is 19.3 Å². The van der Waals surface area contributed by atoms with Crippen molar-refractivity contribution in [1.29, 1.82) is 0 Å². The Bertz CT molecular complexity index is 1260. The first kappa shape index (κ1) is 51.8. The van der Waals surface area contributed by atoms with E-state index in [-0.39, 0.29) is 38.0 Å². The highest BCUT2D eigenvalue weighted by Crippen LogP contribution is 2.12. The van der Waals surface area contributed by atoms with Gasteiger partial charge in [0.05, 0.1) is 0 Å². The van der Waals surface area contributed by atoms with Gasteiger partial charge in [0.2, 0.25) is 0 Å². The quantitative estimate of drug-likeness (QED) is 0.0207. The van der Waals surface area contributed by atoms with Gasteiger partial charge in [0.15, 0.2) is 6.10 Å².